The number of pyridine rings is 1. The van der Waals surface area contributed by atoms with Crippen LogP contribution in [0.2, 0.25) is 0 Å². The van der Waals surface area contributed by atoms with Crippen LogP contribution in [-0.2, 0) is 6.54 Å². The molecule has 1 N–H and O–H groups in total. The number of rotatable bonds is 6. The Kier molecular flexibility index (Phi) is 4.84. The maximum Gasteiger partial charge on any atom is 0.336 e. The Morgan fingerprint density at radius 1 is 1.41 bits per heavy atom. The van der Waals surface area contributed by atoms with Gasteiger partial charge in [0.05, 0.1) is 4.92 Å². The number of nitrogens with zero attached hydrogens (tertiary/aromatic N) is 2. The zero-order valence-electron chi connectivity index (χ0n) is 9.76. The molecule has 0 unspecified atom stereocenters. The third-order valence-electron chi connectivity index (χ3n) is 2.58. The Balaban J connectivity index is 2.84. The highest BCUT2D eigenvalue weighted by molar-refractivity contribution is 5.35. The van der Waals surface area contributed by atoms with E-state index in [4.69, 9.17) is 5.11 Å². The molecular weight excluding hydrogens is 224 g/mol. The largest absolute Gasteiger partial charge is 0.396 e. The van der Waals surface area contributed by atoms with E-state index in [1.807, 2.05) is 0 Å². The lowest BCUT2D eigenvalue weighted by molar-refractivity contribution is -0.387. The minimum absolute atomic E-state index is 0.128. The van der Waals surface area contributed by atoms with Gasteiger partial charge in [-0.15, -0.1) is 0 Å². The Morgan fingerprint density at radius 3 is 2.71 bits per heavy atom. The SMILES string of the molecule is Cc1ccn(CCCCCO)c(=O)c1[N+](=O)[O-]. The summed E-state index contributed by atoms with van der Waals surface area (Å²) in [6, 6.07) is 1.57. The Labute approximate surface area is 98.7 Å². The van der Waals surface area contributed by atoms with Crippen molar-refractivity contribution >= 4 is 5.69 Å². The average molecular weight is 240 g/mol. The van der Waals surface area contributed by atoms with Gasteiger partial charge in [0.15, 0.2) is 0 Å². The van der Waals surface area contributed by atoms with E-state index in [1.54, 1.807) is 19.2 Å². The number of hydrogen-bond donors (Lipinski definition) is 1. The molecule has 0 bridgehead atoms. The standard InChI is InChI=1S/C11H16N2O4/c1-9-5-7-12(6-3-2-4-8-14)11(15)10(9)13(16)17/h5,7,14H,2-4,6,8H2,1H3. The molecule has 0 aliphatic heterocycles. The molecule has 0 saturated heterocycles. The first-order valence-electron chi connectivity index (χ1n) is 5.53. The summed E-state index contributed by atoms with van der Waals surface area (Å²) in [5.74, 6) is 0. The molecule has 0 atom stereocenters. The van der Waals surface area contributed by atoms with Gasteiger partial charge in [0, 0.05) is 24.9 Å². The third-order valence-corrected chi connectivity index (χ3v) is 2.58. The van der Waals surface area contributed by atoms with E-state index in [0.717, 1.165) is 12.8 Å². The summed E-state index contributed by atoms with van der Waals surface area (Å²) in [4.78, 5) is 21.9. The summed E-state index contributed by atoms with van der Waals surface area (Å²) < 4.78 is 1.35. The van der Waals surface area contributed by atoms with Crippen molar-refractivity contribution in [1.82, 2.24) is 4.57 Å². The van der Waals surface area contributed by atoms with Crippen molar-refractivity contribution in [2.75, 3.05) is 6.61 Å². The lowest BCUT2D eigenvalue weighted by atomic mass is 10.2. The molecule has 6 nitrogen and oxygen atoms in total. The molecule has 1 aromatic heterocycles. The summed E-state index contributed by atoms with van der Waals surface area (Å²) in [6.07, 6.45) is 3.78. The number of aromatic nitrogens is 1. The maximum atomic E-state index is 11.8. The fraction of sp³-hybridized carbons (Fsp3) is 0.545. The molecular formula is C11H16N2O4. The molecule has 1 aromatic rings. The lowest BCUT2D eigenvalue weighted by Crippen LogP contribution is -2.23. The summed E-state index contributed by atoms with van der Waals surface area (Å²) in [6.45, 7) is 2.12. The van der Waals surface area contributed by atoms with Crippen LogP contribution in [0.3, 0.4) is 0 Å². The molecule has 0 saturated carbocycles. The summed E-state index contributed by atoms with van der Waals surface area (Å²) in [5, 5.41) is 19.3. The second-order valence-corrected chi connectivity index (χ2v) is 3.89. The molecule has 1 rings (SSSR count). The van der Waals surface area contributed by atoms with Gasteiger partial charge in [0.2, 0.25) is 0 Å². The molecule has 6 heteroatoms. The van der Waals surface area contributed by atoms with Crippen LogP contribution in [0.15, 0.2) is 17.1 Å². The predicted octanol–water partition coefficient (Wildman–Crippen LogP) is 1.23. The van der Waals surface area contributed by atoms with Crippen molar-refractivity contribution < 1.29 is 10.0 Å². The molecule has 0 aliphatic rings. The number of unbranched alkanes of at least 4 members (excludes halogenated alkanes) is 2. The molecule has 1 heterocycles. The van der Waals surface area contributed by atoms with Gasteiger partial charge in [-0.2, -0.15) is 0 Å². The number of hydrogen-bond acceptors (Lipinski definition) is 4. The van der Waals surface area contributed by atoms with E-state index in [2.05, 4.69) is 0 Å². The van der Waals surface area contributed by atoms with Crippen molar-refractivity contribution in [2.24, 2.45) is 0 Å². The van der Waals surface area contributed by atoms with Gasteiger partial charge < -0.3 is 9.67 Å². The summed E-state index contributed by atoms with van der Waals surface area (Å²) in [7, 11) is 0. The van der Waals surface area contributed by atoms with Crippen LogP contribution in [0.1, 0.15) is 24.8 Å². The van der Waals surface area contributed by atoms with Crippen molar-refractivity contribution in [2.45, 2.75) is 32.7 Å². The first-order valence-corrected chi connectivity index (χ1v) is 5.53. The number of aliphatic hydroxyl groups excluding tert-OH is 1. The van der Waals surface area contributed by atoms with E-state index in [1.165, 1.54) is 4.57 Å². The quantitative estimate of drug-likeness (QED) is 0.460. The third kappa shape index (κ3) is 3.39. The molecule has 0 amide bonds. The van der Waals surface area contributed by atoms with E-state index < -0.39 is 10.5 Å². The Hall–Kier alpha value is -1.69. The number of nitro groups is 1. The highest BCUT2D eigenvalue weighted by Gasteiger charge is 2.17. The average Bonchev–Trinajstić information content (AvgIpc) is 2.26. The van der Waals surface area contributed by atoms with Crippen LogP contribution >= 0.6 is 0 Å². The van der Waals surface area contributed by atoms with E-state index in [-0.39, 0.29) is 12.3 Å². The zero-order chi connectivity index (χ0) is 12.8. The van der Waals surface area contributed by atoms with E-state index >= 15 is 0 Å². The second-order valence-electron chi connectivity index (χ2n) is 3.89. The first kappa shape index (κ1) is 13.4. The normalized spacial score (nSPS) is 10.5. The monoisotopic (exact) mass is 240 g/mol. The smallest absolute Gasteiger partial charge is 0.336 e. The van der Waals surface area contributed by atoms with Crippen molar-refractivity contribution in [3.05, 3.63) is 38.3 Å². The van der Waals surface area contributed by atoms with Gasteiger partial charge >= 0.3 is 11.2 Å². The van der Waals surface area contributed by atoms with Gasteiger partial charge in [-0.1, -0.05) is 0 Å². The highest BCUT2D eigenvalue weighted by atomic mass is 16.6. The minimum atomic E-state index is -0.637. The van der Waals surface area contributed by atoms with Crippen LogP contribution in [0, 0.1) is 17.0 Å². The molecule has 0 aliphatic carbocycles. The van der Waals surface area contributed by atoms with Crippen molar-refractivity contribution in [3.63, 3.8) is 0 Å². The topological polar surface area (TPSA) is 85.4 Å². The minimum Gasteiger partial charge on any atom is -0.396 e. The van der Waals surface area contributed by atoms with Crippen LogP contribution in [-0.4, -0.2) is 21.2 Å². The van der Waals surface area contributed by atoms with Crippen LogP contribution in [0.4, 0.5) is 5.69 Å². The van der Waals surface area contributed by atoms with Crippen molar-refractivity contribution in [3.8, 4) is 0 Å². The summed E-state index contributed by atoms with van der Waals surface area (Å²) in [5.41, 5.74) is -0.528. The van der Waals surface area contributed by atoms with Gasteiger partial charge in [-0.05, 0) is 32.3 Å². The molecule has 0 spiro atoms. The molecule has 17 heavy (non-hydrogen) atoms. The lowest BCUT2D eigenvalue weighted by Gasteiger charge is -2.05. The fourth-order valence-electron chi connectivity index (χ4n) is 1.62. The maximum absolute atomic E-state index is 11.8. The van der Waals surface area contributed by atoms with Gasteiger partial charge in [-0.3, -0.25) is 14.9 Å². The zero-order valence-corrected chi connectivity index (χ0v) is 9.76. The number of aryl methyl sites for hydroxylation is 2. The van der Waals surface area contributed by atoms with Gasteiger partial charge in [0.1, 0.15) is 0 Å². The van der Waals surface area contributed by atoms with E-state index in [0.29, 0.717) is 18.5 Å². The molecule has 94 valence electrons. The number of aliphatic hydroxyl groups is 1. The van der Waals surface area contributed by atoms with E-state index in [9.17, 15) is 14.9 Å². The fourth-order valence-corrected chi connectivity index (χ4v) is 1.62. The molecule has 0 radical (unpaired) electrons. The van der Waals surface area contributed by atoms with Gasteiger partial charge in [0.25, 0.3) is 0 Å². The van der Waals surface area contributed by atoms with Crippen LogP contribution in [0.5, 0.6) is 0 Å². The van der Waals surface area contributed by atoms with Crippen LogP contribution < -0.4 is 5.56 Å². The molecule has 0 fully saturated rings. The van der Waals surface area contributed by atoms with Crippen molar-refractivity contribution in [1.29, 1.82) is 0 Å². The van der Waals surface area contributed by atoms with Crippen LogP contribution in [0.25, 0.3) is 0 Å². The van der Waals surface area contributed by atoms with Gasteiger partial charge in [-0.25, -0.2) is 0 Å². The Bertz CT molecular complexity index is 453. The Morgan fingerprint density at radius 2 is 2.12 bits per heavy atom. The second kappa shape index (κ2) is 6.15. The predicted molar refractivity (Wildman–Crippen MR) is 63.0 cm³/mol. The highest BCUT2D eigenvalue weighted by Crippen LogP contribution is 2.11. The first-order chi connectivity index (χ1) is 8.07. The molecule has 0 aromatic carbocycles. The summed E-state index contributed by atoms with van der Waals surface area (Å²) >= 11 is 0.